The number of hydrogen-bond acceptors (Lipinski definition) is 6. The minimum Gasteiger partial charge on any atom is -0.472 e. The number of nitrogens with one attached hydrogen (secondary N) is 1. The molecule has 0 aliphatic heterocycles. The van der Waals surface area contributed by atoms with Gasteiger partial charge in [0.2, 0.25) is 0 Å². The average Bonchev–Trinajstić information content (AvgIpc) is 3.32. The van der Waals surface area contributed by atoms with Crippen LogP contribution in [0.4, 0.5) is 5.00 Å². The number of aromatic nitrogens is 1. The Morgan fingerprint density at radius 1 is 1.42 bits per heavy atom. The van der Waals surface area contributed by atoms with Crippen LogP contribution in [0.2, 0.25) is 0 Å². The van der Waals surface area contributed by atoms with E-state index in [0.717, 1.165) is 32.7 Å². The third kappa shape index (κ3) is 3.85. The van der Waals surface area contributed by atoms with Crippen molar-refractivity contribution in [3.05, 3.63) is 46.7 Å². The highest BCUT2D eigenvalue weighted by Crippen LogP contribution is 2.23. The van der Waals surface area contributed by atoms with Crippen molar-refractivity contribution in [1.82, 2.24) is 10.3 Å². The summed E-state index contributed by atoms with van der Waals surface area (Å²) in [5.74, 6) is 7.00. The van der Waals surface area contributed by atoms with Gasteiger partial charge in [0, 0.05) is 31.0 Å². The molecule has 3 rings (SSSR count). The zero-order chi connectivity index (χ0) is 16.8. The number of furan rings is 1. The molecule has 0 saturated heterocycles. The van der Waals surface area contributed by atoms with Crippen LogP contribution in [0, 0.1) is 11.8 Å². The number of nitrogens with two attached hydrogens (primary N) is 1. The van der Waals surface area contributed by atoms with Crippen LogP contribution < -0.4 is 11.1 Å². The maximum absolute atomic E-state index is 5.92. The van der Waals surface area contributed by atoms with Crippen LogP contribution in [0.5, 0.6) is 0 Å². The molecular formula is C17H16N4OS2. The summed E-state index contributed by atoms with van der Waals surface area (Å²) in [6.45, 7) is 0.702. The Hall–Kier alpha value is -2.56. The second-order valence-corrected chi connectivity index (χ2v) is 6.61. The van der Waals surface area contributed by atoms with Crippen molar-refractivity contribution >= 4 is 33.5 Å². The summed E-state index contributed by atoms with van der Waals surface area (Å²) < 4.78 is 5.07. The van der Waals surface area contributed by atoms with Crippen LogP contribution in [0.15, 0.2) is 44.8 Å². The molecule has 0 amide bonds. The summed E-state index contributed by atoms with van der Waals surface area (Å²) in [5.41, 5.74) is 8.62. The van der Waals surface area contributed by atoms with E-state index >= 15 is 0 Å². The maximum Gasteiger partial charge on any atom is 0.131 e. The lowest BCUT2D eigenvalue weighted by molar-refractivity contribution is 0.568. The molecule has 3 aromatic heterocycles. The monoisotopic (exact) mass is 356 g/mol. The second-order valence-electron chi connectivity index (χ2n) is 4.80. The van der Waals surface area contributed by atoms with Crippen LogP contribution in [-0.2, 0) is 0 Å². The van der Waals surface area contributed by atoms with Gasteiger partial charge in [-0.3, -0.25) is 4.99 Å². The van der Waals surface area contributed by atoms with Crippen molar-refractivity contribution in [3.8, 4) is 22.4 Å². The molecule has 24 heavy (non-hydrogen) atoms. The van der Waals surface area contributed by atoms with Crippen LogP contribution >= 0.6 is 22.7 Å². The fraction of sp³-hybridized carbons (Fsp3) is 0.176. The van der Waals surface area contributed by atoms with Crippen molar-refractivity contribution in [2.75, 3.05) is 19.3 Å². The Balaban J connectivity index is 1.52. The van der Waals surface area contributed by atoms with Crippen LogP contribution in [0.1, 0.15) is 17.7 Å². The molecule has 5 nitrogen and oxygen atoms in total. The van der Waals surface area contributed by atoms with E-state index in [9.17, 15) is 0 Å². The summed E-state index contributed by atoms with van der Waals surface area (Å²) in [7, 11) is 1.75. The first kappa shape index (κ1) is 16.3. The number of thiazole rings is 1. The molecule has 3 heterocycles. The molecule has 3 N–H and O–H groups in total. The average molecular weight is 356 g/mol. The first-order valence-corrected chi connectivity index (χ1v) is 9.05. The van der Waals surface area contributed by atoms with Gasteiger partial charge >= 0.3 is 0 Å². The molecule has 0 bridgehead atoms. The van der Waals surface area contributed by atoms with E-state index in [4.69, 9.17) is 10.2 Å². The lowest BCUT2D eigenvalue weighted by atomic mass is 10.3. The third-order valence-electron chi connectivity index (χ3n) is 3.21. The van der Waals surface area contributed by atoms with Gasteiger partial charge < -0.3 is 15.5 Å². The summed E-state index contributed by atoms with van der Waals surface area (Å²) in [6.07, 6.45) is 4.02. The standard InChI is InChI=1S/C17H16N4OS2/c1-19-16(14-6-9-23-15(14)18)20-7-3-2-4-13-11-24-17(21-13)12-5-8-22-10-12/h5-6,8-11H,3,7,18H2,1H3,(H,19,20). The Morgan fingerprint density at radius 3 is 3.04 bits per heavy atom. The SMILES string of the molecule is CN=C(NCCC#Cc1csc(-c2ccoc2)n1)c1ccsc1N. The fourth-order valence-corrected chi connectivity index (χ4v) is 3.44. The maximum atomic E-state index is 5.92. The zero-order valence-electron chi connectivity index (χ0n) is 13.1. The minimum absolute atomic E-state index is 0.696. The number of nitrogens with zero attached hydrogens (tertiary/aromatic N) is 2. The van der Waals surface area contributed by atoms with Crippen LogP contribution in [0.3, 0.4) is 0 Å². The lowest BCUT2D eigenvalue weighted by Crippen LogP contribution is -2.25. The Morgan fingerprint density at radius 2 is 2.33 bits per heavy atom. The van der Waals surface area contributed by atoms with Crippen molar-refractivity contribution in [2.45, 2.75) is 6.42 Å². The Bertz CT molecular complexity index is 881. The van der Waals surface area contributed by atoms with Crippen molar-refractivity contribution in [2.24, 2.45) is 4.99 Å². The van der Waals surface area contributed by atoms with Crippen molar-refractivity contribution < 1.29 is 4.42 Å². The molecule has 3 aromatic rings. The van der Waals surface area contributed by atoms with Gasteiger partial charge in [0.15, 0.2) is 0 Å². The number of thiophene rings is 1. The molecule has 7 heteroatoms. The third-order valence-corrected chi connectivity index (χ3v) is 4.84. The molecule has 0 aromatic carbocycles. The van der Waals surface area contributed by atoms with Crippen LogP contribution in [0.25, 0.3) is 10.6 Å². The molecule has 122 valence electrons. The smallest absolute Gasteiger partial charge is 0.131 e. The minimum atomic E-state index is 0.696. The van der Waals surface area contributed by atoms with Crippen molar-refractivity contribution in [3.63, 3.8) is 0 Å². The molecule has 0 radical (unpaired) electrons. The van der Waals surface area contributed by atoms with Gasteiger partial charge in [-0.15, -0.1) is 22.7 Å². The van der Waals surface area contributed by atoms with E-state index in [1.165, 1.54) is 11.3 Å². The highest BCUT2D eigenvalue weighted by Gasteiger charge is 2.07. The largest absolute Gasteiger partial charge is 0.472 e. The predicted molar refractivity (Wildman–Crippen MR) is 101 cm³/mol. The van der Waals surface area contributed by atoms with E-state index in [0.29, 0.717) is 13.0 Å². The first-order valence-electron chi connectivity index (χ1n) is 7.29. The Labute approximate surface area is 148 Å². The number of hydrogen-bond donors (Lipinski definition) is 2. The zero-order valence-corrected chi connectivity index (χ0v) is 14.7. The van der Waals surface area contributed by atoms with Crippen LogP contribution in [-0.4, -0.2) is 24.4 Å². The predicted octanol–water partition coefficient (Wildman–Crippen LogP) is 3.45. The van der Waals surface area contributed by atoms with Gasteiger partial charge in [0.05, 0.1) is 16.8 Å². The molecule has 0 unspecified atom stereocenters. The summed E-state index contributed by atoms with van der Waals surface area (Å²) in [4.78, 5) is 8.72. The fourth-order valence-electron chi connectivity index (χ4n) is 2.06. The van der Waals surface area contributed by atoms with Gasteiger partial charge in [-0.1, -0.05) is 5.92 Å². The molecule has 0 aliphatic carbocycles. The van der Waals surface area contributed by atoms with E-state index in [1.807, 2.05) is 22.9 Å². The normalized spacial score (nSPS) is 11.1. The number of aliphatic imine (C=N–C) groups is 1. The van der Waals surface area contributed by atoms with E-state index in [1.54, 1.807) is 30.9 Å². The number of amidine groups is 1. The van der Waals surface area contributed by atoms with E-state index in [2.05, 4.69) is 27.1 Å². The van der Waals surface area contributed by atoms with Gasteiger partial charge in [-0.2, -0.15) is 0 Å². The molecule has 0 saturated carbocycles. The summed E-state index contributed by atoms with van der Waals surface area (Å²) in [5, 5.41) is 8.86. The summed E-state index contributed by atoms with van der Waals surface area (Å²) in [6, 6.07) is 3.86. The number of anilines is 1. The van der Waals surface area contributed by atoms with E-state index < -0.39 is 0 Å². The molecule has 0 aliphatic rings. The molecule has 0 fully saturated rings. The summed E-state index contributed by atoms with van der Waals surface area (Å²) >= 11 is 3.06. The van der Waals surface area contributed by atoms with Gasteiger partial charge in [-0.05, 0) is 23.4 Å². The number of nitrogen functional groups attached to an aromatic ring is 1. The quantitative estimate of drug-likeness (QED) is 0.325. The topological polar surface area (TPSA) is 76.4 Å². The Kier molecular flexibility index (Phi) is 5.31. The highest BCUT2D eigenvalue weighted by atomic mass is 32.1. The molecular weight excluding hydrogens is 340 g/mol. The van der Waals surface area contributed by atoms with Crippen molar-refractivity contribution in [1.29, 1.82) is 0 Å². The number of rotatable bonds is 4. The van der Waals surface area contributed by atoms with Gasteiger partial charge in [0.1, 0.15) is 22.8 Å². The van der Waals surface area contributed by atoms with Gasteiger partial charge in [-0.25, -0.2) is 4.98 Å². The van der Waals surface area contributed by atoms with Gasteiger partial charge in [0.25, 0.3) is 0 Å². The highest BCUT2D eigenvalue weighted by molar-refractivity contribution is 7.14. The van der Waals surface area contributed by atoms with E-state index in [-0.39, 0.29) is 0 Å². The lowest BCUT2D eigenvalue weighted by Gasteiger charge is -2.06. The molecule has 0 spiro atoms. The first-order chi connectivity index (χ1) is 11.8. The molecule has 0 atom stereocenters. The second kappa shape index (κ2) is 7.81.